The number of halogens is 1. The number of likely N-dealkylation sites (tertiary alicyclic amines) is 1. The molecule has 1 N–H and O–H groups in total. The first kappa shape index (κ1) is 16.0. The predicted molar refractivity (Wildman–Crippen MR) is 89.7 cm³/mol. The van der Waals surface area contributed by atoms with Crippen LogP contribution in [-0.4, -0.2) is 59.5 Å². The molecule has 2 saturated heterocycles. The van der Waals surface area contributed by atoms with E-state index in [1.165, 1.54) is 5.56 Å². The molecule has 6 heteroatoms. The zero-order chi connectivity index (χ0) is 16.5. The largest absolute Gasteiger partial charge is 0.381 e. The van der Waals surface area contributed by atoms with Crippen molar-refractivity contribution < 1.29 is 13.9 Å². The number of aromatic nitrogens is 2. The van der Waals surface area contributed by atoms with Crippen LogP contribution in [-0.2, 0) is 16.1 Å². The molecule has 0 spiro atoms. The van der Waals surface area contributed by atoms with Gasteiger partial charge in [-0.2, -0.15) is 0 Å². The van der Waals surface area contributed by atoms with Gasteiger partial charge in [0, 0.05) is 32.3 Å². The Bertz CT molecular complexity index is 699. The molecule has 24 heavy (non-hydrogen) atoms. The molecule has 0 amide bonds. The third-order valence-electron chi connectivity index (χ3n) is 5.05. The molecule has 2 aromatic rings. The smallest absolute Gasteiger partial charge is 0.140 e. The second-order valence-corrected chi connectivity index (χ2v) is 6.87. The Hall–Kier alpha value is -1.50. The standard InChI is InChI=1S/C18H24FN3O2/c1-12-2-3-15-16(8-12)21-18(20-15)11-24-17-10-22(9-14(17)19)13-4-6-23-7-5-13/h2-3,8,13-14,17H,4-7,9-11H2,1H3,(H,20,21)/t14-,17+/m1/s1. The van der Waals surface area contributed by atoms with Crippen LogP contribution in [0.1, 0.15) is 24.2 Å². The van der Waals surface area contributed by atoms with Crippen molar-refractivity contribution in [1.82, 2.24) is 14.9 Å². The van der Waals surface area contributed by atoms with Crippen molar-refractivity contribution in [1.29, 1.82) is 0 Å². The molecule has 0 saturated carbocycles. The lowest BCUT2D eigenvalue weighted by Crippen LogP contribution is -2.38. The first-order chi connectivity index (χ1) is 11.7. The lowest BCUT2D eigenvalue weighted by molar-refractivity contribution is 0.00313. The molecular formula is C18H24FN3O2. The highest BCUT2D eigenvalue weighted by Crippen LogP contribution is 2.24. The Morgan fingerprint density at radius 2 is 2.17 bits per heavy atom. The normalized spacial score (nSPS) is 26.4. The van der Waals surface area contributed by atoms with Crippen LogP contribution >= 0.6 is 0 Å². The Balaban J connectivity index is 1.36. The fourth-order valence-corrected chi connectivity index (χ4v) is 3.70. The van der Waals surface area contributed by atoms with Gasteiger partial charge in [0.1, 0.15) is 24.7 Å². The van der Waals surface area contributed by atoms with Gasteiger partial charge in [0.15, 0.2) is 0 Å². The number of aryl methyl sites for hydroxylation is 1. The molecule has 5 nitrogen and oxygen atoms in total. The number of ether oxygens (including phenoxy) is 2. The lowest BCUT2D eigenvalue weighted by atomic mass is 10.1. The second kappa shape index (κ2) is 6.78. The van der Waals surface area contributed by atoms with Crippen LogP contribution in [0.5, 0.6) is 0 Å². The van der Waals surface area contributed by atoms with Crippen LogP contribution in [0, 0.1) is 6.92 Å². The average molecular weight is 333 g/mol. The number of H-pyrrole nitrogens is 1. The van der Waals surface area contributed by atoms with Gasteiger partial charge in [-0.1, -0.05) is 6.07 Å². The molecule has 1 aromatic carbocycles. The van der Waals surface area contributed by atoms with E-state index in [1.807, 2.05) is 19.1 Å². The van der Waals surface area contributed by atoms with Crippen LogP contribution < -0.4 is 0 Å². The summed E-state index contributed by atoms with van der Waals surface area (Å²) in [7, 11) is 0. The fraction of sp³-hybridized carbons (Fsp3) is 0.611. The molecule has 2 aliphatic rings. The van der Waals surface area contributed by atoms with Gasteiger partial charge >= 0.3 is 0 Å². The third kappa shape index (κ3) is 3.31. The Kier molecular flexibility index (Phi) is 4.52. The topological polar surface area (TPSA) is 50.4 Å². The maximum Gasteiger partial charge on any atom is 0.140 e. The number of fused-ring (bicyclic) bond motifs is 1. The summed E-state index contributed by atoms with van der Waals surface area (Å²) in [6.45, 7) is 5.05. The van der Waals surface area contributed by atoms with E-state index in [4.69, 9.17) is 9.47 Å². The van der Waals surface area contributed by atoms with E-state index >= 15 is 0 Å². The highest BCUT2D eigenvalue weighted by Gasteiger charge is 2.37. The van der Waals surface area contributed by atoms with Crippen molar-refractivity contribution in [3.8, 4) is 0 Å². The van der Waals surface area contributed by atoms with Gasteiger partial charge in [-0.15, -0.1) is 0 Å². The molecule has 2 fully saturated rings. The number of hydrogen-bond acceptors (Lipinski definition) is 4. The minimum Gasteiger partial charge on any atom is -0.381 e. The Morgan fingerprint density at radius 1 is 1.33 bits per heavy atom. The van der Waals surface area contributed by atoms with Crippen molar-refractivity contribution in [3.63, 3.8) is 0 Å². The average Bonchev–Trinajstić information content (AvgIpc) is 3.16. The predicted octanol–water partition coefficient (Wildman–Crippen LogP) is 2.59. The molecule has 0 bridgehead atoms. The van der Waals surface area contributed by atoms with E-state index < -0.39 is 6.17 Å². The fourth-order valence-electron chi connectivity index (χ4n) is 3.70. The van der Waals surface area contributed by atoms with Crippen molar-refractivity contribution in [3.05, 3.63) is 29.6 Å². The quantitative estimate of drug-likeness (QED) is 0.934. The highest BCUT2D eigenvalue weighted by atomic mass is 19.1. The van der Waals surface area contributed by atoms with Gasteiger partial charge in [0.05, 0.1) is 11.0 Å². The number of benzene rings is 1. The summed E-state index contributed by atoms with van der Waals surface area (Å²) >= 11 is 0. The lowest BCUT2D eigenvalue weighted by Gasteiger charge is -2.30. The number of nitrogens with one attached hydrogen (secondary N) is 1. The molecule has 1 aromatic heterocycles. The van der Waals surface area contributed by atoms with Gasteiger partial charge in [0.2, 0.25) is 0 Å². The van der Waals surface area contributed by atoms with E-state index in [2.05, 4.69) is 20.9 Å². The molecule has 0 aliphatic carbocycles. The van der Waals surface area contributed by atoms with E-state index in [0.29, 0.717) is 25.7 Å². The first-order valence-corrected chi connectivity index (χ1v) is 8.72. The van der Waals surface area contributed by atoms with E-state index in [9.17, 15) is 4.39 Å². The third-order valence-corrected chi connectivity index (χ3v) is 5.05. The van der Waals surface area contributed by atoms with Crippen molar-refractivity contribution >= 4 is 11.0 Å². The molecule has 0 unspecified atom stereocenters. The summed E-state index contributed by atoms with van der Waals surface area (Å²) in [6.07, 6.45) is 0.673. The minimum atomic E-state index is -0.931. The molecular weight excluding hydrogens is 309 g/mol. The maximum absolute atomic E-state index is 14.3. The zero-order valence-corrected chi connectivity index (χ0v) is 14.0. The van der Waals surface area contributed by atoms with Crippen molar-refractivity contribution in [2.45, 2.75) is 44.7 Å². The number of nitrogens with zero attached hydrogens (tertiary/aromatic N) is 2. The number of alkyl halides is 1. The zero-order valence-electron chi connectivity index (χ0n) is 14.0. The molecule has 2 atom stereocenters. The molecule has 4 rings (SSSR count). The molecule has 0 radical (unpaired) electrons. The first-order valence-electron chi connectivity index (χ1n) is 8.72. The van der Waals surface area contributed by atoms with Crippen molar-refractivity contribution in [2.75, 3.05) is 26.3 Å². The SMILES string of the molecule is Cc1ccc2nc(CO[C@H]3CN(C4CCOCC4)C[C@H]3F)[nH]c2c1. The van der Waals surface area contributed by atoms with E-state index in [0.717, 1.165) is 42.9 Å². The van der Waals surface area contributed by atoms with Crippen LogP contribution in [0.4, 0.5) is 4.39 Å². The van der Waals surface area contributed by atoms with Gasteiger partial charge in [-0.3, -0.25) is 4.90 Å². The summed E-state index contributed by atoms with van der Waals surface area (Å²) in [4.78, 5) is 10.00. The van der Waals surface area contributed by atoms with Gasteiger partial charge in [-0.25, -0.2) is 9.37 Å². The van der Waals surface area contributed by atoms with Crippen molar-refractivity contribution in [2.24, 2.45) is 0 Å². The summed E-state index contributed by atoms with van der Waals surface area (Å²) in [5.74, 6) is 0.757. The van der Waals surface area contributed by atoms with Crippen LogP contribution in [0.3, 0.4) is 0 Å². The summed E-state index contributed by atoms with van der Waals surface area (Å²) in [5, 5.41) is 0. The summed E-state index contributed by atoms with van der Waals surface area (Å²) in [6, 6.07) is 6.52. The number of rotatable bonds is 4. The number of imidazole rings is 1. The minimum absolute atomic E-state index is 0.320. The Labute approximate surface area is 141 Å². The van der Waals surface area contributed by atoms with Crippen LogP contribution in [0.15, 0.2) is 18.2 Å². The van der Waals surface area contributed by atoms with E-state index in [-0.39, 0.29) is 6.10 Å². The highest BCUT2D eigenvalue weighted by molar-refractivity contribution is 5.75. The molecule has 130 valence electrons. The van der Waals surface area contributed by atoms with Crippen LogP contribution in [0.25, 0.3) is 11.0 Å². The Morgan fingerprint density at radius 3 is 3.00 bits per heavy atom. The van der Waals surface area contributed by atoms with E-state index in [1.54, 1.807) is 0 Å². The molecule has 3 heterocycles. The van der Waals surface area contributed by atoms with Crippen LogP contribution in [0.2, 0.25) is 0 Å². The van der Waals surface area contributed by atoms with Gasteiger partial charge in [0.25, 0.3) is 0 Å². The summed E-state index contributed by atoms with van der Waals surface area (Å²) < 4.78 is 25.6. The summed E-state index contributed by atoms with van der Waals surface area (Å²) in [5.41, 5.74) is 3.11. The number of aromatic amines is 1. The maximum atomic E-state index is 14.3. The van der Waals surface area contributed by atoms with Gasteiger partial charge in [-0.05, 0) is 37.5 Å². The number of hydrogen-bond donors (Lipinski definition) is 1. The molecule has 2 aliphatic heterocycles. The second-order valence-electron chi connectivity index (χ2n) is 6.87. The van der Waals surface area contributed by atoms with Gasteiger partial charge < -0.3 is 14.5 Å². The monoisotopic (exact) mass is 333 g/mol.